The van der Waals surface area contributed by atoms with Gasteiger partial charge in [-0.1, -0.05) is 29.3 Å². The Morgan fingerprint density at radius 1 is 1.19 bits per heavy atom. The molecule has 0 unspecified atom stereocenters. The van der Waals surface area contributed by atoms with Crippen LogP contribution in [0.15, 0.2) is 65.3 Å². The molecule has 0 aromatic heterocycles. The van der Waals surface area contributed by atoms with Gasteiger partial charge < -0.3 is 14.2 Å². The third kappa shape index (κ3) is 5.39. The Balaban J connectivity index is 1.63. The first-order valence-electron chi connectivity index (χ1n) is 10.3. The Hall–Kier alpha value is -3.77. The van der Waals surface area contributed by atoms with Crippen LogP contribution in [-0.4, -0.2) is 29.9 Å². The molecule has 0 radical (unpaired) electrons. The molecule has 0 atom stereocenters. The van der Waals surface area contributed by atoms with Crippen molar-refractivity contribution >= 4 is 63.8 Å². The third-order valence-electron chi connectivity index (χ3n) is 5.02. The first kappa shape index (κ1) is 25.3. The Morgan fingerprint density at radius 2 is 1.97 bits per heavy atom. The summed E-state index contributed by atoms with van der Waals surface area (Å²) in [6, 6.07) is 14.1. The first-order chi connectivity index (χ1) is 17.2. The number of halogens is 2. The Morgan fingerprint density at radius 3 is 2.64 bits per heavy atom. The number of carbonyl (C=O) groups excluding carboxylic acids is 2. The molecule has 3 aromatic rings. The average molecular weight is 619 g/mol. The minimum absolute atomic E-state index is 0.0122. The maximum atomic E-state index is 12.6. The van der Waals surface area contributed by atoms with Gasteiger partial charge in [0.15, 0.2) is 17.2 Å². The number of methoxy groups -OCH3 is 1. The molecule has 0 amide bonds. The van der Waals surface area contributed by atoms with Crippen molar-refractivity contribution in [2.75, 3.05) is 7.11 Å². The number of non-ortho nitro benzene ring substituents is 1. The van der Waals surface area contributed by atoms with E-state index in [1.165, 1.54) is 25.3 Å². The van der Waals surface area contributed by atoms with E-state index in [9.17, 15) is 19.7 Å². The number of hydrogen-bond acceptors (Lipinski definition) is 8. The number of esters is 2. The average Bonchev–Trinajstić information content (AvgIpc) is 3.19. The molecule has 4 rings (SSSR count). The van der Waals surface area contributed by atoms with Gasteiger partial charge in [-0.15, -0.1) is 0 Å². The smallest absolute Gasteiger partial charge is 0.363 e. The van der Waals surface area contributed by atoms with Gasteiger partial charge in [-0.3, -0.25) is 10.1 Å². The topological polar surface area (TPSA) is 117 Å². The van der Waals surface area contributed by atoms with E-state index in [0.717, 1.165) is 11.6 Å². The van der Waals surface area contributed by atoms with Gasteiger partial charge in [0.05, 0.1) is 31.8 Å². The van der Waals surface area contributed by atoms with Crippen molar-refractivity contribution in [2.45, 2.75) is 6.92 Å². The Bertz CT molecular complexity index is 1480. The van der Waals surface area contributed by atoms with Crippen LogP contribution in [0.5, 0.6) is 11.5 Å². The summed E-state index contributed by atoms with van der Waals surface area (Å²) in [7, 11) is 1.43. The van der Waals surface area contributed by atoms with E-state index in [1.54, 1.807) is 30.3 Å². The van der Waals surface area contributed by atoms with Crippen LogP contribution in [0, 0.1) is 20.6 Å². The number of cyclic esters (lactones) is 1. The highest BCUT2D eigenvalue weighted by Crippen LogP contribution is 2.36. The highest BCUT2D eigenvalue weighted by molar-refractivity contribution is 14.1. The molecule has 0 fully saturated rings. The number of carbonyl (C=O) groups is 2. The number of hydrogen-bond donors (Lipinski definition) is 0. The van der Waals surface area contributed by atoms with Crippen molar-refractivity contribution in [3.8, 4) is 11.5 Å². The van der Waals surface area contributed by atoms with Gasteiger partial charge in [-0.25, -0.2) is 14.6 Å². The molecule has 36 heavy (non-hydrogen) atoms. The van der Waals surface area contributed by atoms with E-state index >= 15 is 0 Å². The number of nitro benzene ring substituents is 1. The molecule has 3 aromatic carbocycles. The number of nitrogens with zero attached hydrogens (tertiary/aromatic N) is 2. The van der Waals surface area contributed by atoms with Crippen LogP contribution in [0.3, 0.4) is 0 Å². The molecule has 0 N–H and O–H groups in total. The van der Waals surface area contributed by atoms with Crippen LogP contribution in [0.2, 0.25) is 5.02 Å². The highest BCUT2D eigenvalue weighted by atomic mass is 127. The van der Waals surface area contributed by atoms with Gasteiger partial charge in [0, 0.05) is 12.1 Å². The quantitative estimate of drug-likeness (QED) is 0.0864. The maximum Gasteiger partial charge on any atom is 0.363 e. The summed E-state index contributed by atoms with van der Waals surface area (Å²) in [5.41, 5.74) is 1.89. The van der Waals surface area contributed by atoms with Crippen molar-refractivity contribution in [2.24, 2.45) is 4.99 Å². The predicted octanol–water partition coefficient (Wildman–Crippen LogP) is 5.73. The predicted molar refractivity (Wildman–Crippen MR) is 141 cm³/mol. The number of aliphatic imine (C=N–C) groups is 1. The van der Waals surface area contributed by atoms with E-state index < -0.39 is 16.9 Å². The second kappa shape index (κ2) is 10.5. The summed E-state index contributed by atoms with van der Waals surface area (Å²) in [6.07, 6.45) is 1.48. The molecule has 182 valence electrons. The van der Waals surface area contributed by atoms with Crippen LogP contribution < -0.4 is 9.47 Å². The lowest BCUT2D eigenvalue weighted by molar-refractivity contribution is -0.384. The zero-order valence-corrected chi connectivity index (χ0v) is 21.7. The monoisotopic (exact) mass is 618 g/mol. The Labute approximate surface area is 223 Å². The van der Waals surface area contributed by atoms with Gasteiger partial charge in [0.25, 0.3) is 5.69 Å². The number of aryl methyl sites for hydroxylation is 1. The molecule has 0 saturated carbocycles. The van der Waals surface area contributed by atoms with E-state index in [1.807, 2.05) is 35.6 Å². The van der Waals surface area contributed by atoms with Crippen LogP contribution in [-0.2, 0) is 9.53 Å². The van der Waals surface area contributed by atoms with Gasteiger partial charge in [0.1, 0.15) is 0 Å². The summed E-state index contributed by atoms with van der Waals surface area (Å²) in [5, 5.41) is 10.9. The summed E-state index contributed by atoms with van der Waals surface area (Å²) < 4.78 is 16.8. The van der Waals surface area contributed by atoms with Crippen molar-refractivity contribution in [3.63, 3.8) is 0 Å². The molecular formula is C25H16ClIN2O7. The number of benzene rings is 3. The van der Waals surface area contributed by atoms with E-state index in [2.05, 4.69) is 4.99 Å². The minimum atomic E-state index is -0.719. The molecular weight excluding hydrogens is 603 g/mol. The van der Waals surface area contributed by atoms with Gasteiger partial charge >= 0.3 is 11.9 Å². The lowest BCUT2D eigenvalue weighted by atomic mass is 10.1. The zero-order chi connectivity index (χ0) is 26.0. The number of nitro groups is 1. The fraction of sp³-hybridized carbons (Fsp3) is 0.0800. The van der Waals surface area contributed by atoms with Gasteiger partial charge in [-0.05, 0) is 71.5 Å². The Kier molecular flexibility index (Phi) is 7.36. The molecule has 1 aliphatic rings. The largest absolute Gasteiger partial charge is 0.493 e. The normalized spacial score (nSPS) is 13.8. The van der Waals surface area contributed by atoms with Crippen molar-refractivity contribution in [3.05, 3.63) is 101 Å². The molecule has 1 aliphatic heterocycles. The summed E-state index contributed by atoms with van der Waals surface area (Å²) >= 11 is 8.13. The molecule has 1 heterocycles. The number of rotatable bonds is 6. The van der Waals surface area contributed by atoms with Crippen molar-refractivity contribution < 1.29 is 28.7 Å². The van der Waals surface area contributed by atoms with Crippen LogP contribution in [0.25, 0.3) is 6.08 Å². The molecule has 0 aliphatic carbocycles. The van der Waals surface area contributed by atoms with Gasteiger partial charge in [0.2, 0.25) is 5.90 Å². The lowest BCUT2D eigenvalue weighted by Crippen LogP contribution is -2.10. The standard InChI is InChI=1S/C25H16ClIN2O7/c1-13-4-3-5-15(8-13)24(30)35-22-19(27)9-14(11-21(22)34-2)10-20-25(31)36-23(28-20)17-7-6-16(29(32)33)12-18(17)26/h3-12H,1-2H3/b20-10-. The van der Waals surface area contributed by atoms with Crippen LogP contribution in [0.1, 0.15) is 27.0 Å². The number of ether oxygens (including phenoxy) is 3. The molecule has 0 bridgehead atoms. The lowest BCUT2D eigenvalue weighted by Gasteiger charge is -2.12. The second-order valence-electron chi connectivity index (χ2n) is 7.55. The van der Waals surface area contributed by atoms with E-state index in [0.29, 0.717) is 14.7 Å². The summed E-state index contributed by atoms with van der Waals surface area (Å²) in [5.74, 6) is -0.805. The zero-order valence-electron chi connectivity index (χ0n) is 18.8. The molecule has 0 saturated heterocycles. The van der Waals surface area contributed by atoms with E-state index in [-0.39, 0.29) is 39.4 Å². The fourth-order valence-electron chi connectivity index (χ4n) is 3.32. The molecule has 11 heteroatoms. The summed E-state index contributed by atoms with van der Waals surface area (Å²) in [4.78, 5) is 39.6. The van der Waals surface area contributed by atoms with Crippen molar-refractivity contribution in [1.82, 2.24) is 0 Å². The molecule has 9 nitrogen and oxygen atoms in total. The SMILES string of the molecule is COc1cc(/C=C2\N=C(c3ccc([N+](=O)[O-])cc3Cl)OC2=O)cc(I)c1OC(=O)c1cccc(C)c1. The minimum Gasteiger partial charge on any atom is -0.493 e. The van der Waals surface area contributed by atoms with E-state index in [4.69, 9.17) is 25.8 Å². The maximum absolute atomic E-state index is 12.6. The molecule has 0 spiro atoms. The highest BCUT2D eigenvalue weighted by Gasteiger charge is 2.27. The van der Waals surface area contributed by atoms with Crippen molar-refractivity contribution in [1.29, 1.82) is 0 Å². The first-order valence-corrected chi connectivity index (χ1v) is 11.7. The second-order valence-corrected chi connectivity index (χ2v) is 9.12. The van der Waals surface area contributed by atoms with Crippen LogP contribution in [0.4, 0.5) is 5.69 Å². The summed E-state index contributed by atoms with van der Waals surface area (Å²) in [6.45, 7) is 1.88. The fourth-order valence-corrected chi connectivity index (χ4v) is 4.31. The van der Waals surface area contributed by atoms with Gasteiger partial charge in [-0.2, -0.15) is 0 Å². The van der Waals surface area contributed by atoms with Crippen LogP contribution >= 0.6 is 34.2 Å². The third-order valence-corrected chi connectivity index (χ3v) is 6.13.